The third kappa shape index (κ3) is 3.39. The fourth-order valence-corrected chi connectivity index (χ4v) is 3.08. The third-order valence-corrected chi connectivity index (χ3v) is 4.21. The molecule has 1 unspecified atom stereocenters. The molecular weight excluding hydrogens is 271 g/mol. The number of halogens is 1. The van der Waals surface area contributed by atoms with E-state index in [1.165, 1.54) is 24.3 Å². The van der Waals surface area contributed by atoms with Crippen molar-refractivity contribution in [1.82, 2.24) is 5.32 Å². The highest BCUT2D eigenvalue weighted by molar-refractivity contribution is 7.94. The Hall–Kier alpha value is -1.73. The largest absolute Gasteiger partial charge is 0.366 e. The monoisotopic (exact) mass is 284 g/mol. The number of rotatable bonds is 4. The van der Waals surface area contributed by atoms with Crippen LogP contribution < -0.4 is 11.1 Å². The summed E-state index contributed by atoms with van der Waals surface area (Å²) in [6, 6.07) is 3.48. The highest BCUT2D eigenvalue weighted by Gasteiger charge is 2.21. The molecule has 0 bridgehead atoms. The molecular formula is C12H13FN2O3S. The second-order valence-corrected chi connectivity index (χ2v) is 6.25. The minimum absolute atomic E-state index is 0.0376. The molecule has 1 aliphatic rings. The molecule has 0 spiro atoms. The van der Waals surface area contributed by atoms with Crippen molar-refractivity contribution in [3.63, 3.8) is 0 Å². The summed E-state index contributed by atoms with van der Waals surface area (Å²) < 4.78 is 35.9. The third-order valence-electron chi connectivity index (χ3n) is 2.82. The normalized spacial score (nSPS) is 20.6. The maximum absolute atomic E-state index is 13.5. The number of hydrogen-bond acceptors (Lipinski definition) is 4. The summed E-state index contributed by atoms with van der Waals surface area (Å²) in [5, 5.41) is 4.04. The van der Waals surface area contributed by atoms with Crippen LogP contribution in [-0.2, 0) is 16.4 Å². The Kier molecular flexibility index (Phi) is 3.68. The molecule has 7 heteroatoms. The Morgan fingerprint density at radius 2 is 2.21 bits per heavy atom. The van der Waals surface area contributed by atoms with Crippen LogP contribution >= 0.6 is 0 Å². The van der Waals surface area contributed by atoms with Crippen LogP contribution in [-0.4, -0.2) is 26.1 Å². The van der Waals surface area contributed by atoms with Gasteiger partial charge >= 0.3 is 0 Å². The van der Waals surface area contributed by atoms with Gasteiger partial charge in [-0.3, -0.25) is 4.79 Å². The minimum atomic E-state index is -3.14. The van der Waals surface area contributed by atoms with Crippen LogP contribution in [0.3, 0.4) is 0 Å². The zero-order chi connectivity index (χ0) is 14.0. The molecule has 0 aliphatic carbocycles. The van der Waals surface area contributed by atoms with Gasteiger partial charge in [0.15, 0.2) is 9.84 Å². The number of carbonyl (C=O) groups is 1. The Labute approximate surface area is 110 Å². The Morgan fingerprint density at radius 1 is 1.47 bits per heavy atom. The van der Waals surface area contributed by atoms with Crippen molar-refractivity contribution in [2.24, 2.45) is 5.73 Å². The first-order valence-electron chi connectivity index (χ1n) is 5.60. The molecule has 3 N–H and O–H groups in total. The van der Waals surface area contributed by atoms with Crippen LogP contribution in [0.1, 0.15) is 15.9 Å². The number of benzene rings is 1. The van der Waals surface area contributed by atoms with E-state index in [4.69, 9.17) is 5.73 Å². The number of primary amides is 1. The van der Waals surface area contributed by atoms with Gasteiger partial charge in [0.25, 0.3) is 0 Å². The van der Waals surface area contributed by atoms with Gasteiger partial charge in [-0.05, 0) is 18.2 Å². The van der Waals surface area contributed by atoms with E-state index in [0.717, 1.165) is 5.41 Å². The van der Waals surface area contributed by atoms with E-state index < -0.39 is 21.6 Å². The number of nitrogens with one attached hydrogen (secondary N) is 1. The van der Waals surface area contributed by atoms with Gasteiger partial charge in [0.2, 0.25) is 5.91 Å². The number of carbonyl (C=O) groups excluding carboxylic acids is 1. The van der Waals surface area contributed by atoms with Crippen molar-refractivity contribution in [3.8, 4) is 0 Å². The van der Waals surface area contributed by atoms with E-state index in [9.17, 15) is 17.6 Å². The smallest absolute Gasteiger partial charge is 0.248 e. The molecule has 102 valence electrons. The molecule has 1 aromatic carbocycles. The van der Waals surface area contributed by atoms with Crippen LogP contribution in [0.2, 0.25) is 0 Å². The average Bonchev–Trinajstić information content (AvgIpc) is 2.67. The van der Waals surface area contributed by atoms with Crippen molar-refractivity contribution in [2.45, 2.75) is 12.6 Å². The van der Waals surface area contributed by atoms with Gasteiger partial charge in [-0.2, -0.15) is 0 Å². The van der Waals surface area contributed by atoms with Gasteiger partial charge < -0.3 is 11.1 Å². The summed E-state index contributed by atoms with van der Waals surface area (Å²) in [7, 11) is -3.14. The highest BCUT2D eigenvalue weighted by Crippen LogP contribution is 2.13. The predicted molar refractivity (Wildman–Crippen MR) is 68.5 cm³/mol. The first kappa shape index (κ1) is 13.7. The maximum Gasteiger partial charge on any atom is 0.248 e. The van der Waals surface area contributed by atoms with E-state index >= 15 is 0 Å². The van der Waals surface area contributed by atoms with Crippen molar-refractivity contribution >= 4 is 15.7 Å². The van der Waals surface area contributed by atoms with Crippen LogP contribution in [0, 0.1) is 5.82 Å². The van der Waals surface area contributed by atoms with Crippen LogP contribution in [0.5, 0.6) is 0 Å². The molecule has 0 fully saturated rings. The topological polar surface area (TPSA) is 89.3 Å². The lowest BCUT2D eigenvalue weighted by Crippen LogP contribution is -2.30. The first-order chi connectivity index (χ1) is 8.87. The van der Waals surface area contributed by atoms with Crippen LogP contribution in [0.25, 0.3) is 0 Å². The van der Waals surface area contributed by atoms with Crippen molar-refractivity contribution in [3.05, 3.63) is 46.6 Å². The molecule has 0 saturated carbocycles. The van der Waals surface area contributed by atoms with Crippen molar-refractivity contribution < 1.29 is 17.6 Å². The van der Waals surface area contributed by atoms with Gasteiger partial charge in [-0.25, -0.2) is 12.8 Å². The van der Waals surface area contributed by atoms with Crippen molar-refractivity contribution in [2.75, 3.05) is 5.75 Å². The predicted octanol–water partition coefficient (Wildman–Crippen LogP) is 0.325. The Bertz CT molecular complexity index is 640. The molecule has 1 aromatic rings. The molecule has 19 heavy (non-hydrogen) atoms. The second kappa shape index (κ2) is 5.10. The van der Waals surface area contributed by atoms with Gasteiger partial charge in [0.1, 0.15) is 5.82 Å². The Morgan fingerprint density at radius 3 is 2.79 bits per heavy atom. The quantitative estimate of drug-likeness (QED) is 0.833. The molecule has 2 rings (SSSR count). The molecule has 1 heterocycles. The molecule has 5 nitrogen and oxygen atoms in total. The second-order valence-electron chi connectivity index (χ2n) is 4.32. The standard InChI is InChI=1S/C12H13FN2O3S/c13-11-2-1-8(12(14)16)5-9(11)6-15-10-3-4-19(17,18)7-10/h1-5,10,15H,6-7H2,(H2,14,16). The lowest BCUT2D eigenvalue weighted by Gasteiger charge is -2.11. The highest BCUT2D eigenvalue weighted by atomic mass is 32.2. The summed E-state index contributed by atoms with van der Waals surface area (Å²) in [5.41, 5.74) is 5.60. The lowest BCUT2D eigenvalue weighted by molar-refractivity contribution is 0.1000. The van der Waals surface area contributed by atoms with Crippen LogP contribution in [0.15, 0.2) is 29.7 Å². The van der Waals surface area contributed by atoms with Crippen molar-refractivity contribution in [1.29, 1.82) is 0 Å². The molecule has 1 aliphatic heterocycles. The summed E-state index contributed by atoms with van der Waals surface area (Å²) in [4.78, 5) is 11.0. The molecule has 0 radical (unpaired) electrons. The average molecular weight is 284 g/mol. The summed E-state index contributed by atoms with van der Waals surface area (Å²) in [6.07, 6.45) is 1.52. The number of nitrogens with two attached hydrogens (primary N) is 1. The van der Waals surface area contributed by atoms with Crippen LogP contribution in [0.4, 0.5) is 4.39 Å². The zero-order valence-corrected chi connectivity index (χ0v) is 10.8. The van der Waals surface area contributed by atoms with E-state index in [1.807, 2.05) is 0 Å². The first-order valence-corrected chi connectivity index (χ1v) is 7.31. The van der Waals surface area contributed by atoms with E-state index in [1.54, 1.807) is 0 Å². The van der Waals surface area contributed by atoms with E-state index in [0.29, 0.717) is 0 Å². The minimum Gasteiger partial charge on any atom is -0.366 e. The number of sulfone groups is 1. The SMILES string of the molecule is NC(=O)c1ccc(F)c(CNC2C=CS(=O)(=O)C2)c1. The fraction of sp³-hybridized carbons (Fsp3) is 0.250. The number of hydrogen-bond donors (Lipinski definition) is 2. The summed E-state index contributed by atoms with van der Waals surface area (Å²) in [5.74, 6) is -1.14. The molecule has 1 atom stereocenters. The fourth-order valence-electron chi connectivity index (χ4n) is 1.81. The van der Waals surface area contributed by atoms with Gasteiger partial charge in [-0.1, -0.05) is 6.08 Å². The Balaban J connectivity index is 2.06. The van der Waals surface area contributed by atoms with E-state index in [2.05, 4.69) is 5.32 Å². The van der Waals surface area contributed by atoms with E-state index in [-0.39, 0.29) is 29.5 Å². The number of amides is 1. The molecule has 0 aromatic heterocycles. The maximum atomic E-state index is 13.5. The van der Waals surface area contributed by atoms with Gasteiger partial charge in [0.05, 0.1) is 5.75 Å². The van der Waals surface area contributed by atoms with Gasteiger partial charge in [-0.15, -0.1) is 0 Å². The zero-order valence-electron chi connectivity index (χ0n) is 9.97. The summed E-state index contributed by atoms with van der Waals surface area (Å²) >= 11 is 0. The summed E-state index contributed by atoms with van der Waals surface area (Å²) in [6.45, 7) is 0.123. The lowest BCUT2D eigenvalue weighted by atomic mass is 10.1. The van der Waals surface area contributed by atoms with Gasteiger partial charge in [0, 0.05) is 29.1 Å². The molecule has 0 saturated heterocycles. The molecule has 1 amide bonds.